The molecule has 0 aromatic heterocycles. The zero-order valence-electron chi connectivity index (χ0n) is 7.15. The van der Waals surface area contributed by atoms with Crippen LogP contribution in [0, 0.1) is 5.92 Å². The molecule has 1 saturated carbocycles. The van der Waals surface area contributed by atoms with E-state index in [0.29, 0.717) is 0 Å². The topological polar surface area (TPSA) is 3.24 Å². The highest BCUT2D eigenvalue weighted by Crippen LogP contribution is 2.26. The predicted molar refractivity (Wildman–Crippen MR) is 52.9 cm³/mol. The van der Waals surface area contributed by atoms with Crippen LogP contribution >= 0.6 is 15.9 Å². The highest BCUT2D eigenvalue weighted by molar-refractivity contribution is 9.11. The van der Waals surface area contributed by atoms with Crippen molar-refractivity contribution in [3.05, 3.63) is 11.1 Å². The van der Waals surface area contributed by atoms with E-state index in [4.69, 9.17) is 0 Å². The van der Waals surface area contributed by atoms with Gasteiger partial charge in [0, 0.05) is 17.6 Å². The molecule has 1 fully saturated rings. The highest BCUT2D eigenvalue weighted by Gasteiger charge is 2.18. The number of nitrogens with zero attached hydrogens (tertiary/aromatic N) is 1. The number of rotatable bonds is 4. The van der Waals surface area contributed by atoms with Gasteiger partial charge in [0.15, 0.2) is 0 Å². The van der Waals surface area contributed by atoms with E-state index in [1.165, 1.54) is 25.8 Å². The molecule has 1 aliphatic carbocycles. The van der Waals surface area contributed by atoms with Crippen molar-refractivity contribution in [2.24, 2.45) is 5.92 Å². The van der Waals surface area contributed by atoms with E-state index in [-0.39, 0.29) is 0 Å². The Morgan fingerprint density at radius 2 is 2.27 bits per heavy atom. The van der Waals surface area contributed by atoms with Gasteiger partial charge in [0.25, 0.3) is 0 Å². The van der Waals surface area contributed by atoms with Crippen molar-refractivity contribution in [2.75, 3.05) is 20.1 Å². The average molecular weight is 218 g/mol. The minimum Gasteiger partial charge on any atom is -0.301 e. The lowest BCUT2D eigenvalue weighted by Crippen LogP contribution is -2.30. The zero-order valence-corrected chi connectivity index (χ0v) is 8.73. The van der Waals surface area contributed by atoms with E-state index in [1.54, 1.807) is 0 Å². The molecule has 1 nitrogen and oxygen atoms in total. The molecule has 0 aromatic carbocycles. The molecule has 0 heterocycles. The SMILES string of the molecule is C=C(Br)CN(C)CC1CCC1. The Kier molecular flexibility index (Phi) is 3.60. The molecule has 0 amide bonds. The first-order valence-electron chi connectivity index (χ1n) is 4.20. The van der Waals surface area contributed by atoms with Gasteiger partial charge in [0.2, 0.25) is 0 Å². The monoisotopic (exact) mass is 217 g/mol. The summed E-state index contributed by atoms with van der Waals surface area (Å²) in [4.78, 5) is 2.33. The molecular formula is C9H16BrN. The van der Waals surface area contributed by atoms with E-state index >= 15 is 0 Å². The molecular weight excluding hydrogens is 202 g/mol. The Balaban J connectivity index is 2.09. The Morgan fingerprint density at radius 1 is 1.64 bits per heavy atom. The first-order valence-corrected chi connectivity index (χ1v) is 4.99. The Hall–Kier alpha value is 0.180. The third-order valence-corrected chi connectivity index (χ3v) is 2.49. The van der Waals surface area contributed by atoms with Gasteiger partial charge in [0.05, 0.1) is 0 Å². The second kappa shape index (κ2) is 4.27. The summed E-state index contributed by atoms with van der Waals surface area (Å²) >= 11 is 3.37. The fourth-order valence-electron chi connectivity index (χ4n) is 1.47. The van der Waals surface area contributed by atoms with Gasteiger partial charge in [0.1, 0.15) is 0 Å². The first-order chi connectivity index (χ1) is 5.18. The summed E-state index contributed by atoms with van der Waals surface area (Å²) in [6.45, 7) is 6.04. The Morgan fingerprint density at radius 3 is 2.64 bits per heavy atom. The van der Waals surface area contributed by atoms with E-state index in [0.717, 1.165) is 16.9 Å². The molecule has 0 spiro atoms. The van der Waals surface area contributed by atoms with Crippen molar-refractivity contribution in [1.29, 1.82) is 0 Å². The van der Waals surface area contributed by atoms with E-state index in [9.17, 15) is 0 Å². The minimum absolute atomic E-state index is 0.965. The van der Waals surface area contributed by atoms with Crippen LogP contribution in [-0.4, -0.2) is 25.0 Å². The van der Waals surface area contributed by atoms with Gasteiger partial charge in [-0.15, -0.1) is 0 Å². The second-order valence-corrected chi connectivity index (χ2v) is 4.63. The molecule has 0 unspecified atom stereocenters. The smallest absolute Gasteiger partial charge is 0.0290 e. The highest BCUT2D eigenvalue weighted by atomic mass is 79.9. The molecule has 0 atom stereocenters. The van der Waals surface area contributed by atoms with Crippen molar-refractivity contribution in [2.45, 2.75) is 19.3 Å². The van der Waals surface area contributed by atoms with Crippen molar-refractivity contribution in [3.63, 3.8) is 0 Å². The van der Waals surface area contributed by atoms with Gasteiger partial charge in [-0.2, -0.15) is 0 Å². The van der Waals surface area contributed by atoms with Crippen LogP contribution in [0.5, 0.6) is 0 Å². The summed E-state index contributed by atoms with van der Waals surface area (Å²) in [6, 6.07) is 0. The van der Waals surface area contributed by atoms with E-state index in [1.807, 2.05) is 0 Å². The first kappa shape index (κ1) is 9.27. The third kappa shape index (κ3) is 3.39. The van der Waals surface area contributed by atoms with E-state index in [2.05, 4.69) is 34.5 Å². The molecule has 0 N–H and O–H groups in total. The lowest BCUT2D eigenvalue weighted by atomic mass is 9.85. The van der Waals surface area contributed by atoms with Crippen molar-refractivity contribution < 1.29 is 0 Å². The van der Waals surface area contributed by atoms with Gasteiger partial charge in [-0.1, -0.05) is 28.9 Å². The largest absolute Gasteiger partial charge is 0.301 e. The molecule has 2 heteroatoms. The van der Waals surface area contributed by atoms with Crippen LogP contribution in [0.15, 0.2) is 11.1 Å². The predicted octanol–water partition coefficient (Wildman–Crippen LogP) is 2.63. The van der Waals surface area contributed by atoms with Crippen LogP contribution in [0.2, 0.25) is 0 Å². The minimum atomic E-state index is 0.965. The normalized spacial score (nSPS) is 18.5. The Labute approximate surface area is 77.6 Å². The van der Waals surface area contributed by atoms with Crippen LogP contribution in [-0.2, 0) is 0 Å². The summed E-state index contributed by atoms with van der Waals surface area (Å²) in [7, 11) is 2.16. The lowest BCUT2D eigenvalue weighted by molar-refractivity contribution is 0.217. The fourth-order valence-corrected chi connectivity index (χ4v) is 1.90. The molecule has 0 bridgehead atoms. The maximum absolute atomic E-state index is 3.82. The number of hydrogen-bond acceptors (Lipinski definition) is 1. The summed E-state index contributed by atoms with van der Waals surface area (Å²) < 4.78 is 1.08. The van der Waals surface area contributed by atoms with E-state index < -0.39 is 0 Å². The maximum atomic E-state index is 3.82. The van der Waals surface area contributed by atoms with Crippen molar-refractivity contribution in [1.82, 2.24) is 4.90 Å². The summed E-state index contributed by atoms with van der Waals surface area (Å²) in [5.74, 6) is 0.965. The number of halogens is 1. The quantitative estimate of drug-likeness (QED) is 0.701. The van der Waals surface area contributed by atoms with Crippen LogP contribution < -0.4 is 0 Å². The summed E-state index contributed by atoms with van der Waals surface area (Å²) in [5.41, 5.74) is 0. The molecule has 11 heavy (non-hydrogen) atoms. The van der Waals surface area contributed by atoms with Crippen LogP contribution in [0.3, 0.4) is 0 Å². The van der Waals surface area contributed by atoms with Gasteiger partial charge in [-0.05, 0) is 25.8 Å². The zero-order chi connectivity index (χ0) is 8.27. The van der Waals surface area contributed by atoms with Crippen LogP contribution in [0.25, 0.3) is 0 Å². The third-order valence-electron chi connectivity index (χ3n) is 2.24. The standard InChI is InChI=1S/C9H16BrN/c1-8(10)6-11(2)7-9-4-3-5-9/h9H,1,3-7H2,2H3. The van der Waals surface area contributed by atoms with Crippen LogP contribution in [0.1, 0.15) is 19.3 Å². The van der Waals surface area contributed by atoms with Crippen molar-refractivity contribution >= 4 is 15.9 Å². The van der Waals surface area contributed by atoms with Gasteiger partial charge in [-0.3, -0.25) is 0 Å². The van der Waals surface area contributed by atoms with Gasteiger partial charge in [-0.25, -0.2) is 0 Å². The summed E-state index contributed by atoms with van der Waals surface area (Å²) in [6.07, 6.45) is 4.30. The lowest BCUT2D eigenvalue weighted by Gasteiger charge is -2.29. The van der Waals surface area contributed by atoms with Gasteiger partial charge >= 0.3 is 0 Å². The Bertz CT molecular complexity index is 140. The molecule has 0 aromatic rings. The molecule has 0 aliphatic heterocycles. The fraction of sp³-hybridized carbons (Fsp3) is 0.778. The molecule has 64 valence electrons. The number of hydrogen-bond donors (Lipinski definition) is 0. The summed E-state index contributed by atoms with van der Waals surface area (Å²) in [5, 5.41) is 0. The second-order valence-electron chi connectivity index (χ2n) is 3.51. The maximum Gasteiger partial charge on any atom is 0.0290 e. The van der Waals surface area contributed by atoms with Gasteiger partial charge < -0.3 is 4.90 Å². The molecule has 0 radical (unpaired) electrons. The van der Waals surface area contributed by atoms with Crippen LogP contribution in [0.4, 0.5) is 0 Å². The molecule has 0 saturated heterocycles. The average Bonchev–Trinajstić information content (AvgIpc) is 1.77. The number of likely N-dealkylation sites (N-methyl/N-ethyl adjacent to an activating group) is 1. The molecule has 1 rings (SSSR count). The molecule has 1 aliphatic rings. The van der Waals surface area contributed by atoms with Crippen molar-refractivity contribution in [3.8, 4) is 0 Å².